The third-order valence-corrected chi connectivity index (χ3v) is 2.20. The van der Waals surface area contributed by atoms with Crippen LogP contribution in [0.1, 0.15) is 0 Å². The van der Waals surface area contributed by atoms with E-state index in [9.17, 15) is 9.59 Å². The zero-order chi connectivity index (χ0) is 7.02. The predicted octanol–water partition coefficient (Wildman–Crippen LogP) is -0.360. The molecule has 1 saturated heterocycles. The number of hydrogen-bond donors (Lipinski definition) is 2. The van der Waals surface area contributed by atoms with E-state index in [0.717, 1.165) is 11.8 Å². The number of aliphatic carboxylic acids is 2. The summed E-state index contributed by atoms with van der Waals surface area (Å²) in [5.41, 5.74) is 0. The Labute approximate surface area is 54.9 Å². The van der Waals surface area contributed by atoms with E-state index >= 15 is 0 Å². The van der Waals surface area contributed by atoms with Gasteiger partial charge >= 0.3 is 11.9 Å². The smallest absolute Gasteiger partial charge is 0.318 e. The molecule has 0 aliphatic carbocycles. The molecule has 1 aliphatic rings. The van der Waals surface area contributed by atoms with Gasteiger partial charge in [-0.15, -0.1) is 11.8 Å². The second-order valence-corrected chi connectivity index (χ2v) is 2.94. The van der Waals surface area contributed by atoms with Gasteiger partial charge < -0.3 is 10.2 Å². The first kappa shape index (κ1) is 6.41. The largest absolute Gasteiger partial charge is 0.480 e. The maximum atomic E-state index is 9.99. The normalized spacial score (nSPS) is 31.6. The average Bonchev–Trinajstić information content (AvgIpc) is 2.39. The van der Waals surface area contributed by atoms with Gasteiger partial charge in [-0.1, -0.05) is 0 Å². The van der Waals surface area contributed by atoms with Crippen molar-refractivity contribution in [1.82, 2.24) is 0 Å². The highest BCUT2D eigenvalue weighted by Crippen LogP contribution is 2.41. The van der Waals surface area contributed by atoms with Crippen molar-refractivity contribution in [3.63, 3.8) is 0 Å². The highest BCUT2D eigenvalue weighted by molar-refractivity contribution is 8.09. The van der Waals surface area contributed by atoms with Crippen molar-refractivity contribution in [2.45, 2.75) is 10.5 Å². The summed E-state index contributed by atoms with van der Waals surface area (Å²) in [6, 6.07) is 0. The Hall–Kier alpha value is -0.710. The number of rotatable bonds is 2. The van der Waals surface area contributed by atoms with Crippen molar-refractivity contribution in [3.05, 3.63) is 0 Å². The van der Waals surface area contributed by atoms with Gasteiger partial charge in [-0.3, -0.25) is 9.59 Å². The van der Waals surface area contributed by atoms with Gasteiger partial charge in [0, 0.05) is 0 Å². The van der Waals surface area contributed by atoms with Crippen LogP contribution in [0.2, 0.25) is 0 Å². The summed E-state index contributed by atoms with van der Waals surface area (Å²) in [5, 5.41) is 15.0. The summed E-state index contributed by atoms with van der Waals surface area (Å²) in [6.07, 6.45) is 0. The average molecular weight is 148 g/mol. The molecular weight excluding hydrogens is 144 g/mol. The van der Waals surface area contributed by atoms with E-state index in [-0.39, 0.29) is 0 Å². The van der Waals surface area contributed by atoms with Gasteiger partial charge in [0.25, 0.3) is 0 Å². The van der Waals surface area contributed by atoms with Crippen LogP contribution >= 0.6 is 11.8 Å². The highest BCUT2D eigenvalue weighted by Gasteiger charge is 2.50. The van der Waals surface area contributed by atoms with Gasteiger partial charge in [-0.05, 0) is 0 Å². The molecule has 0 spiro atoms. The van der Waals surface area contributed by atoms with E-state index in [1.807, 2.05) is 0 Å². The maximum Gasteiger partial charge on any atom is 0.318 e. The minimum absolute atomic E-state index is 0.706. The van der Waals surface area contributed by atoms with Gasteiger partial charge in [0.15, 0.2) is 0 Å². The lowest BCUT2D eigenvalue weighted by Crippen LogP contribution is -2.14. The molecule has 2 N–H and O–H groups in total. The van der Waals surface area contributed by atoms with Gasteiger partial charge in [0.05, 0.1) is 0 Å². The maximum absolute atomic E-state index is 9.99. The number of carbonyl (C=O) groups is 2. The zero-order valence-corrected chi connectivity index (χ0v) is 5.09. The highest BCUT2D eigenvalue weighted by atomic mass is 32.2. The van der Waals surface area contributed by atoms with Crippen LogP contribution in [-0.2, 0) is 9.59 Å². The molecule has 2 atom stereocenters. The van der Waals surface area contributed by atoms with Crippen LogP contribution in [0, 0.1) is 0 Å². The lowest BCUT2D eigenvalue weighted by Gasteiger charge is -1.81. The van der Waals surface area contributed by atoms with Crippen LogP contribution in [0.25, 0.3) is 0 Å². The van der Waals surface area contributed by atoms with Gasteiger partial charge in [-0.2, -0.15) is 0 Å². The number of carboxylic acid groups (broad SMARTS) is 2. The summed E-state index contributed by atoms with van der Waals surface area (Å²) in [7, 11) is 0. The molecule has 9 heavy (non-hydrogen) atoms. The number of carboxylic acids is 2. The van der Waals surface area contributed by atoms with Crippen molar-refractivity contribution in [3.8, 4) is 0 Å². The SMILES string of the molecule is O=C(O)C1SC1C(=O)O. The quantitative estimate of drug-likeness (QED) is 0.523. The van der Waals surface area contributed by atoms with Crippen LogP contribution in [0.3, 0.4) is 0 Å². The van der Waals surface area contributed by atoms with Crippen molar-refractivity contribution < 1.29 is 19.8 Å². The summed E-state index contributed by atoms with van der Waals surface area (Å²) in [6.45, 7) is 0. The van der Waals surface area contributed by atoms with E-state index < -0.39 is 22.4 Å². The van der Waals surface area contributed by atoms with Crippen LogP contribution in [-0.4, -0.2) is 32.7 Å². The monoisotopic (exact) mass is 148 g/mol. The van der Waals surface area contributed by atoms with Gasteiger partial charge in [-0.25, -0.2) is 0 Å². The fourth-order valence-electron chi connectivity index (χ4n) is 0.488. The predicted molar refractivity (Wildman–Crippen MR) is 30.4 cm³/mol. The van der Waals surface area contributed by atoms with Crippen molar-refractivity contribution in [2.75, 3.05) is 0 Å². The van der Waals surface area contributed by atoms with Gasteiger partial charge in [0.2, 0.25) is 0 Å². The zero-order valence-electron chi connectivity index (χ0n) is 4.27. The van der Waals surface area contributed by atoms with Gasteiger partial charge in [0.1, 0.15) is 10.5 Å². The molecule has 2 unspecified atom stereocenters. The topological polar surface area (TPSA) is 74.6 Å². The Morgan fingerprint density at radius 3 is 1.56 bits per heavy atom. The van der Waals surface area contributed by atoms with E-state index in [1.165, 1.54) is 0 Å². The molecule has 0 amide bonds. The lowest BCUT2D eigenvalue weighted by molar-refractivity contribution is -0.140. The third-order valence-electron chi connectivity index (χ3n) is 0.978. The Balaban J connectivity index is 2.42. The molecule has 1 heterocycles. The standard InChI is InChI=1S/C4H4O4S/c5-3(6)1-2(9-1)4(7)8/h1-2H,(H,5,6)(H,7,8). The molecule has 1 fully saturated rings. The molecule has 0 aromatic rings. The molecule has 0 bridgehead atoms. The van der Waals surface area contributed by atoms with Crippen LogP contribution in [0.15, 0.2) is 0 Å². The van der Waals surface area contributed by atoms with Crippen LogP contribution in [0.5, 0.6) is 0 Å². The van der Waals surface area contributed by atoms with E-state index in [2.05, 4.69) is 0 Å². The summed E-state index contributed by atoms with van der Waals surface area (Å²) in [4.78, 5) is 20.0. The summed E-state index contributed by atoms with van der Waals surface area (Å²) < 4.78 is 0. The van der Waals surface area contributed by atoms with Crippen LogP contribution < -0.4 is 0 Å². The number of thioether (sulfide) groups is 1. The van der Waals surface area contributed by atoms with E-state index in [1.54, 1.807) is 0 Å². The molecule has 4 nitrogen and oxygen atoms in total. The van der Waals surface area contributed by atoms with Crippen molar-refractivity contribution >= 4 is 23.7 Å². The van der Waals surface area contributed by atoms with Crippen molar-refractivity contribution in [1.29, 1.82) is 0 Å². The number of hydrogen-bond acceptors (Lipinski definition) is 3. The molecule has 0 aromatic carbocycles. The van der Waals surface area contributed by atoms with E-state index in [4.69, 9.17) is 10.2 Å². The first-order valence-electron chi connectivity index (χ1n) is 2.24. The molecule has 0 saturated carbocycles. The van der Waals surface area contributed by atoms with Crippen molar-refractivity contribution in [2.24, 2.45) is 0 Å². The summed E-state index contributed by atoms with van der Waals surface area (Å²) >= 11 is 0.954. The fraction of sp³-hybridized carbons (Fsp3) is 0.500. The third kappa shape index (κ3) is 1.16. The minimum Gasteiger partial charge on any atom is -0.480 e. The van der Waals surface area contributed by atoms with Crippen LogP contribution in [0.4, 0.5) is 0 Å². The Morgan fingerprint density at radius 2 is 1.44 bits per heavy atom. The molecule has 50 valence electrons. The summed E-state index contributed by atoms with van der Waals surface area (Å²) in [5.74, 6) is -2.07. The molecule has 5 heteroatoms. The minimum atomic E-state index is -1.03. The molecular formula is C4H4O4S. The second kappa shape index (κ2) is 1.91. The lowest BCUT2D eigenvalue weighted by atomic mass is 10.3. The molecule has 1 rings (SSSR count). The molecule has 0 aromatic heterocycles. The van der Waals surface area contributed by atoms with E-state index in [0.29, 0.717) is 0 Å². The first-order valence-corrected chi connectivity index (χ1v) is 3.18. The Morgan fingerprint density at radius 1 is 1.11 bits per heavy atom. The second-order valence-electron chi connectivity index (χ2n) is 1.65. The molecule has 1 aliphatic heterocycles. The first-order chi connectivity index (χ1) is 4.13. The molecule has 0 radical (unpaired) electrons. The Bertz CT molecular complexity index is 148. The fourth-order valence-corrected chi connectivity index (χ4v) is 1.18. The Kier molecular flexibility index (Phi) is 1.36.